The molecule has 0 atom stereocenters. The fraction of sp³-hybridized carbons (Fsp3) is 0.733. The van der Waals surface area contributed by atoms with Crippen LogP contribution in [0.2, 0.25) is 0 Å². The third-order valence-electron chi connectivity index (χ3n) is 4.55. The number of aryl methyl sites for hydroxylation is 1. The van der Waals surface area contributed by atoms with Crippen LogP contribution in [-0.2, 0) is 0 Å². The molecule has 0 bridgehead atoms. The second kappa shape index (κ2) is 5.66. The normalized spacial score (nSPS) is 22.3. The Balaban J connectivity index is 1.48. The van der Waals surface area contributed by atoms with Crippen molar-refractivity contribution in [2.45, 2.75) is 32.9 Å². The fourth-order valence-corrected chi connectivity index (χ4v) is 3.04. The number of piperazine rings is 1. The highest BCUT2D eigenvalue weighted by molar-refractivity contribution is 5.40. The van der Waals surface area contributed by atoms with Crippen molar-refractivity contribution in [3.8, 4) is 0 Å². The molecule has 0 aliphatic carbocycles. The second-order valence-electron chi connectivity index (χ2n) is 6.24. The number of nitrogens with zero attached hydrogens (tertiary/aromatic N) is 5. The maximum Gasteiger partial charge on any atom is 0.147 e. The highest BCUT2D eigenvalue weighted by Crippen LogP contribution is 2.22. The van der Waals surface area contributed by atoms with Gasteiger partial charge in [-0.2, -0.15) is 0 Å². The van der Waals surface area contributed by atoms with Gasteiger partial charge in [-0.1, -0.05) is 0 Å². The molecule has 0 saturated carbocycles. The SMILES string of the molecule is Cc1cnc(N2CC(N3CCN(C(C)C)CC3)C2)cn1. The van der Waals surface area contributed by atoms with Gasteiger partial charge in [0.05, 0.1) is 18.1 Å². The van der Waals surface area contributed by atoms with Crippen LogP contribution in [0.4, 0.5) is 5.82 Å². The summed E-state index contributed by atoms with van der Waals surface area (Å²) in [6.07, 6.45) is 3.74. The number of hydrogen-bond donors (Lipinski definition) is 0. The largest absolute Gasteiger partial charge is 0.352 e. The molecular formula is C15H25N5. The van der Waals surface area contributed by atoms with Crippen molar-refractivity contribution in [3.05, 3.63) is 18.1 Å². The second-order valence-corrected chi connectivity index (χ2v) is 6.24. The van der Waals surface area contributed by atoms with Gasteiger partial charge in [0.15, 0.2) is 0 Å². The van der Waals surface area contributed by atoms with E-state index >= 15 is 0 Å². The Labute approximate surface area is 121 Å². The summed E-state index contributed by atoms with van der Waals surface area (Å²) in [5.41, 5.74) is 0.982. The lowest BCUT2D eigenvalue weighted by Gasteiger charge is -2.49. The third-order valence-corrected chi connectivity index (χ3v) is 4.55. The van der Waals surface area contributed by atoms with Crippen molar-refractivity contribution < 1.29 is 0 Å². The molecule has 3 rings (SSSR count). The van der Waals surface area contributed by atoms with Crippen LogP contribution in [0.1, 0.15) is 19.5 Å². The van der Waals surface area contributed by atoms with Crippen molar-refractivity contribution in [2.75, 3.05) is 44.2 Å². The van der Waals surface area contributed by atoms with Crippen LogP contribution in [-0.4, -0.2) is 71.1 Å². The highest BCUT2D eigenvalue weighted by Gasteiger charge is 2.34. The quantitative estimate of drug-likeness (QED) is 0.822. The topological polar surface area (TPSA) is 35.5 Å². The molecule has 2 aliphatic heterocycles. The van der Waals surface area contributed by atoms with E-state index in [2.05, 4.69) is 38.5 Å². The minimum absolute atomic E-state index is 0.679. The Hall–Kier alpha value is -1.20. The molecule has 2 saturated heterocycles. The monoisotopic (exact) mass is 275 g/mol. The summed E-state index contributed by atoms with van der Waals surface area (Å²) in [5.74, 6) is 1.02. The zero-order chi connectivity index (χ0) is 14.1. The van der Waals surface area contributed by atoms with Crippen molar-refractivity contribution in [1.29, 1.82) is 0 Å². The van der Waals surface area contributed by atoms with Gasteiger partial charge >= 0.3 is 0 Å². The van der Waals surface area contributed by atoms with Gasteiger partial charge in [-0.15, -0.1) is 0 Å². The first kappa shape index (κ1) is 13.8. The smallest absolute Gasteiger partial charge is 0.147 e. The van der Waals surface area contributed by atoms with E-state index < -0.39 is 0 Å². The summed E-state index contributed by atoms with van der Waals surface area (Å²) < 4.78 is 0. The van der Waals surface area contributed by atoms with Gasteiger partial charge in [-0.25, -0.2) is 4.98 Å². The van der Waals surface area contributed by atoms with Crippen LogP contribution in [0.5, 0.6) is 0 Å². The van der Waals surface area contributed by atoms with Crippen LogP contribution in [0, 0.1) is 6.92 Å². The van der Waals surface area contributed by atoms with Crippen molar-refractivity contribution >= 4 is 5.82 Å². The van der Waals surface area contributed by atoms with E-state index in [9.17, 15) is 0 Å². The Kier molecular flexibility index (Phi) is 3.89. The van der Waals surface area contributed by atoms with E-state index in [1.165, 1.54) is 26.2 Å². The molecule has 0 spiro atoms. The molecule has 5 heteroatoms. The standard InChI is InChI=1S/C15H25N5/c1-12(2)18-4-6-19(7-5-18)14-10-20(11-14)15-9-16-13(3)8-17-15/h8-9,12,14H,4-7,10-11H2,1-3H3. The fourth-order valence-electron chi connectivity index (χ4n) is 3.04. The van der Waals surface area contributed by atoms with Gasteiger partial charge in [-0.3, -0.25) is 14.8 Å². The number of hydrogen-bond acceptors (Lipinski definition) is 5. The Morgan fingerprint density at radius 1 is 1.05 bits per heavy atom. The Morgan fingerprint density at radius 2 is 1.75 bits per heavy atom. The Morgan fingerprint density at radius 3 is 2.30 bits per heavy atom. The average Bonchev–Trinajstić information content (AvgIpc) is 2.40. The number of rotatable bonds is 3. The summed E-state index contributed by atoms with van der Waals surface area (Å²) in [7, 11) is 0. The maximum absolute atomic E-state index is 4.45. The van der Waals surface area contributed by atoms with E-state index in [4.69, 9.17) is 0 Å². The molecule has 1 aromatic heterocycles. The molecular weight excluding hydrogens is 250 g/mol. The molecule has 2 fully saturated rings. The van der Waals surface area contributed by atoms with Gasteiger partial charge in [0, 0.05) is 51.4 Å². The van der Waals surface area contributed by atoms with Gasteiger partial charge < -0.3 is 4.90 Å². The molecule has 0 amide bonds. The lowest BCUT2D eigenvalue weighted by molar-refractivity contribution is 0.0676. The molecule has 110 valence electrons. The van der Waals surface area contributed by atoms with E-state index in [1.807, 2.05) is 19.3 Å². The van der Waals surface area contributed by atoms with Crippen LogP contribution in [0.15, 0.2) is 12.4 Å². The minimum atomic E-state index is 0.679. The first-order chi connectivity index (χ1) is 9.63. The lowest BCUT2D eigenvalue weighted by atomic mass is 10.1. The minimum Gasteiger partial charge on any atom is -0.352 e. The number of aromatic nitrogens is 2. The molecule has 5 nitrogen and oxygen atoms in total. The molecule has 3 heterocycles. The molecule has 0 aromatic carbocycles. The first-order valence-corrected chi connectivity index (χ1v) is 7.65. The Bertz CT molecular complexity index is 430. The van der Waals surface area contributed by atoms with Crippen LogP contribution >= 0.6 is 0 Å². The summed E-state index contributed by atoms with van der Waals surface area (Å²) in [5, 5.41) is 0. The molecule has 2 aliphatic rings. The molecule has 1 aromatic rings. The zero-order valence-corrected chi connectivity index (χ0v) is 12.8. The zero-order valence-electron chi connectivity index (χ0n) is 12.8. The van der Waals surface area contributed by atoms with Crippen LogP contribution < -0.4 is 4.90 Å². The third kappa shape index (κ3) is 2.79. The predicted molar refractivity (Wildman–Crippen MR) is 81.1 cm³/mol. The van der Waals surface area contributed by atoms with Gasteiger partial charge in [0.1, 0.15) is 5.82 Å². The van der Waals surface area contributed by atoms with Crippen LogP contribution in [0.3, 0.4) is 0 Å². The predicted octanol–water partition coefficient (Wildman–Crippen LogP) is 1.000. The van der Waals surface area contributed by atoms with Crippen LogP contribution in [0.25, 0.3) is 0 Å². The number of anilines is 1. The average molecular weight is 275 g/mol. The summed E-state index contributed by atoms with van der Waals surface area (Å²) >= 11 is 0. The van der Waals surface area contributed by atoms with E-state index in [0.717, 1.165) is 24.6 Å². The van der Waals surface area contributed by atoms with Crippen molar-refractivity contribution in [1.82, 2.24) is 19.8 Å². The molecule has 20 heavy (non-hydrogen) atoms. The van der Waals surface area contributed by atoms with E-state index in [1.54, 1.807) is 0 Å². The summed E-state index contributed by atoms with van der Waals surface area (Å²) in [4.78, 5) is 16.3. The first-order valence-electron chi connectivity index (χ1n) is 7.65. The van der Waals surface area contributed by atoms with Crippen molar-refractivity contribution in [3.63, 3.8) is 0 Å². The van der Waals surface area contributed by atoms with E-state index in [-0.39, 0.29) is 0 Å². The van der Waals surface area contributed by atoms with Crippen molar-refractivity contribution in [2.24, 2.45) is 0 Å². The van der Waals surface area contributed by atoms with E-state index in [0.29, 0.717) is 12.1 Å². The molecule has 0 N–H and O–H groups in total. The van der Waals surface area contributed by atoms with Gasteiger partial charge in [0.25, 0.3) is 0 Å². The van der Waals surface area contributed by atoms with Gasteiger partial charge in [-0.05, 0) is 20.8 Å². The highest BCUT2D eigenvalue weighted by atomic mass is 15.4. The molecule has 0 unspecified atom stereocenters. The molecule has 0 radical (unpaired) electrons. The van der Waals surface area contributed by atoms with Gasteiger partial charge in [0.2, 0.25) is 0 Å². The lowest BCUT2D eigenvalue weighted by Crippen LogP contribution is -2.63. The maximum atomic E-state index is 4.45. The summed E-state index contributed by atoms with van der Waals surface area (Å²) in [6, 6.07) is 1.38. The summed E-state index contributed by atoms with van der Waals surface area (Å²) in [6.45, 7) is 13.6.